The van der Waals surface area contributed by atoms with Gasteiger partial charge >= 0.3 is 0 Å². The predicted octanol–water partition coefficient (Wildman–Crippen LogP) is 0.449. The largest absolute Gasteiger partial charge is 0.211 e. The van der Waals surface area contributed by atoms with Gasteiger partial charge < -0.3 is 0 Å². The molecule has 0 aliphatic carbocycles. The monoisotopic (exact) mass is 145 g/mol. The average molecular weight is 145 g/mol. The van der Waals surface area contributed by atoms with Gasteiger partial charge in [0.15, 0.2) is 10.3 Å². The molecule has 1 heterocycles. The third kappa shape index (κ3) is 1.34. The quantitative estimate of drug-likeness (QED) is 0.521. The van der Waals surface area contributed by atoms with Crippen molar-refractivity contribution in [3.05, 3.63) is 6.33 Å². The molecule has 0 atom stereocenters. The van der Waals surface area contributed by atoms with E-state index in [2.05, 4.69) is 40.2 Å². The van der Waals surface area contributed by atoms with Gasteiger partial charge in [-0.2, -0.15) is 4.98 Å². The van der Waals surface area contributed by atoms with Crippen molar-refractivity contribution in [1.29, 1.82) is 0 Å². The summed E-state index contributed by atoms with van der Waals surface area (Å²) >= 11 is 7.69. The SMILES string of the molecule is Sc1ncnc(S)n1. The Balaban J connectivity index is 3.08. The first-order valence-electron chi connectivity index (χ1n) is 1.86. The molecule has 5 heteroatoms. The van der Waals surface area contributed by atoms with Gasteiger partial charge in [0.25, 0.3) is 0 Å². The van der Waals surface area contributed by atoms with E-state index in [0.29, 0.717) is 10.3 Å². The van der Waals surface area contributed by atoms with Crippen molar-refractivity contribution in [2.45, 2.75) is 10.3 Å². The topological polar surface area (TPSA) is 38.7 Å². The Bertz CT molecular complexity index is 172. The summed E-state index contributed by atoms with van der Waals surface area (Å²) in [6.07, 6.45) is 1.36. The number of nitrogens with zero attached hydrogens (tertiary/aromatic N) is 3. The molecule has 1 aromatic heterocycles. The zero-order valence-electron chi connectivity index (χ0n) is 3.81. The molecule has 1 aromatic rings. The fraction of sp³-hybridized carbons (Fsp3) is 0. The van der Waals surface area contributed by atoms with Gasteiger partial charge in [-0.3, -0.25) is 0 Å². The van der Waals surface area contributed by atoms with Gasteiger partial charge in [0.05, 0.1) is 0 Å². The van der Waals surface area contributed by atoms with E-state index in [9.17, 15) is 0 Å². The van der Waals surface area contributed by atoms with Crippen molar-refractivity contribution in [2.24, 2.45) is 0 Å². The molecule has 0 aliphatic rings. The summed E-state index contributed by atoms with van der Waals surface area (Å²) in [7, 11) is 0. The molecular formula is C3H3N3S2. The predicted molar refractivity (Wildman–Crippen MR) is 34.3 cm³/mol. The molecule has 0 bridgehead atoms. The van der Waals surface area contributed by atoms with Crippen LogP contribution in [0.25, 0.3) is 0 Å². The second kappa shape index (κ2) is 2.32. The molecule has 8 heavy (non-hydrogen) atoms. The third-order valence-electron chi connectivity index (χ3n) is 0.546. The van der Waals surface area contributed by atoms with Crippen molar-refractivity contribution in [3.63, 3.8) is 0 Å². The Morgan fingerprint density at radius 2 is 1.62 bits per heavy atom. The minimum Gasteiger partial charge on any atom is -0.211 e. The van der Waals surface area contributed by atoms with Crippen molar-refractivity contribution in [2.75, 3.05) is 0 Å². The van der Waals surface area contributed by atoms with Crippen LogP contribution in [0.1, 0.15) is 0 Å². The van der Waals surface area contributed by atoms with Crippen LogP contribution in [0.3, 0.4) is 0 Å². The van der Waals surface area contributed by atoms with Crippen LogP contribution in [-0.2, 0) is 0 Å². The Morgan fingerprint density at radius 3 is 1.88 bits per heavy atom. The Morgan fingerprint density at radius 1 is 1.12 bits per heavy atom. The van der Waals surface area contributed by atoms with Crippen LogP contribution in [0.15, 0.2) is 16.6 Å². The van der Waals surface area contributed by atoms with Gasteiger partial charge in [-0.05, 0) is 0 Å². The zero-order chi connectivity index (χ0) is 5.98. The highest BCUT2D eigenvalue weighted by atomic mass is 32.1. The zero-order valence-corrected chi connectivity index (χ0v) is 5.60. The first-order valence-corrected chi connectivity index (χ1v) is 2.75. The highest BCUT2D eigenvalue weighted by molar-refractivity contribution is 7.80. The van der Waals surface area contributed by atoms with Gasteiger partial charge in [-0.15, -0.1) is 25.3 Å². The van der Waals surface area contributed by atoms with E-state index in [1.165, 1.54) is 6.33 Å². The highest BCUT2D eigenvalue weighted by Gasteiger charge is 1.86. The minimum atomic E-state index is 0.394. The van der Waals surface area contributed by atoms with Crippen molar-refractivity contribution < 1.29 is 0 Å². The molecule has 0 saturated heterocycles. The number of rotatable bonds is 0. The smallest absolute Gasteiger partial charge is 0.188 e. The maximum atomic E-state index is 3.84. The average Bonchev–Trinajstić information content (AvgIpc) is 1.64. The van der Waals surface area contributed by atoms with E-state index < -0.39 is 0 Å². The molecule has 0 unspecified atom stereocenters. The molecule has 3 nitrogen and oxygen atoms in total. The summed E-state index contributed by atoms with van der Waals surface area (Å²) in [5, 5.41) is 0.787. The van der Waals surface area contributed by atoms with E-state index in [0.717, 1.165) is 0 Å². The molecule has 0 radical (unpaired) electrons. The fourth-order valence-electron chi connectivity index (χ4n) is 0.279. The van der Waals surface area contributed by atoms with Crippen LogP contribution in [0.5, 0.6) is 0 Å². The molecular weight excluding hydrogens is 142 g/mol. The summed E-state index contributed by atoms with van der Waals surface area (Å²) in [4.78, 5) is 10.9. The summed E-state index contributed by atoms with van der Waals surface area (Å²) in [6.45, 7) is 0. The molecule has 0 N–H and O–H groups in total. The fourth-order valence-corrected chi connectivity index (χ4v) is 0.651. The lowest BCUT2D eigenvalue weighted by Crippen LogP contribution is -1.85. The van der Waals surface area contributed by atoms with Crippen LogP contribution in [-0.4, -0.2) is 15.0 Å². The summed E-state index contributed by atoms with van der Waals surface area (Å²) < 4.78 is 0. The van der Waals surface area contributed by atoms with Crippen molar-refractivity contribution in [3.8, 4) is 0 Å². The second-order valence-electron chi connectivity index (χ2n) is 1.09. The van der Waals surface area contributed by atoms with Crippen LogP contribution in [0, 0.1) is 0 Å². The molecule has 0 fully saturated rings. The van der Waals surface area contributed by atoms with E-state index in [1.54, 1.807) is 0 Å². The van der Waals surface area contributed by atoms with Crippen molar-refractivity contribution >= 4 is 25.3 Å². The molecule has 0 spiro atoms. The van der Waals surface area contributed by atoms with E-state index in [-0.39, 0.29) is 0 Å². The lowest BCUT2D eigenvalue weighted by Gasteiger charge is -1.86. The van der Waals surface area contributed by atoms with Gasteiger partial charge in [0, 0.05) is 0 Å². The van der Waals surface area contributed by atoms with Gasteiger partial charge in [-0.1, -0.05) is 0 Å². The maximum absolute atomic E-state index is 3.84. The molecule has 0 aromatic carbocycles. The van der Waals surface area contributed by atoms with Gasteiger partial charge in [-0.25, -0.2) is 9.97 Å². The standard InChI is InChI=1S/C3H3N3S2/c7-2-4-1-5-3(8)6-2/h1H,(H2,4,5,6,7,8). The van der Waals surface area contributed by atoms with Gasteiger partial charge in [0.1, 0.15) is 6.33 Å². The van der Waals surface area contributed by atoms with E-state index in [4.69, 9.17) is 0 Å². The van der Waals surface area contributed by atoms with Gasteiger partial charge in [0.2, 0.25) is 0 Å². The normalized spacial score (nSPS) is 9.25. The lowest BCUT2D eigenvalue weighted by atomic mass is 11.1. The lowest BCUT2D eigenvalue weighted by molar-refractivity contribution is 0.807. The van der Waals surface area contributed by atoms with Crippen LogP contribution in [0.2, 0.25) is 0 Å². The van der Waals surface area contributed by atoms with Crippen LogP contribution in [0.4, 0.5) is 0 Å². The highest BCUT2D eigenvalue weighted by Crippen LogP contribution is 1.97. The van der Waals surface area contributed by atoms with E-state index >= 15 is 0 Å². The second-order valence-corrected chi connectivity index (χ2v) is 1.89. The maximum Gasteiger partial charge on any atom is 0.188 e. The van der Waals surface area contributed by atoms with Crippen LogP contribution >= 0.6 is 25.3 Å². The third-order valence-corrected chi connectivity index (χ3v) is 0.977. The summed E-state index contributed by atoms with van der Waals surface area (Å²) in [5.74, 6) is 0. The van der Waals surface area contributed by atoms with E-state index in [1.807, 2.05) is 0 Å². The number of hydrogen-bond donors (Lipinski definition) is 2. The minimum absolute atomic E-state index is 0.394. The summed E-state index contributed by atoms with van der Waals surface area (Å²) in [6, 6.07) is 0. The van der Waals surface area contributed by atoms with Crippen molar-refractivity contribution in [1.82, 2.24) is 15.0 Å². The molecule has 0 aliphatic heterocycles. The first kappa shape index (κ1) is 5.84. The molecule has 42 valence electrons. The number of thiol groups is 2. The number of hydrogen-bond acceptors (Lipinski definition) is 5. The van der Waals surface area contributed by atoms with Crippen LogP contribution < -0.4 is 0 Å². The molecule has 0 amide bonds. The Hall–Kier alpha value is -0.290. The number of aromatic nitrogens is 3. The first-order chi connectivity index (χ1) is 3.79. The summed E-state index contributed by atoms with van der Waals surface area (Å²) in [5.41, 5.74) is 0. The molecule has 0 saturated carbocycles. The Kier molecular flexibility index (Phi) is 1.69. The molecule has 1 rings (SSSR count). The Labute approximate surface area is 57.4 Å².